The molecule has 1 unspecified atom stereocenters. The molecule has 1 rings (SSSR count). The van der Waals surface area contributed by atoms with E-state index in [0.29, 0.717) is 18.4 Å². The lowest BCUT2D eigenvalue weighted by atomic mass is 10.1. The van der Waals surface area contributed by atoms with E-state index in [9.17, 15) is 4.79 Å². The molecule has 1 aliphatic rings. The van der Waals surface area contributed by atoms with Crippen molar-refractivity contribution < 1.29 is 4.79 Å². The van der Waals surface area contributed by atoms with Gasteiger partial charge in [-0.1, -0.05) is 13.8 Å². The lowest BCUT2D eigenvalue weighted by Gasteiger charge is -2.30. The van der Waals surface area contributed by atoms with Gasteiger partial charge in [0, 0.05) is 25.0 Å². The van der Waals surface area contributed by atoms with E-state index in [4.69, 9.17) is 5.84 Å². The first-order valence-electron chi connectivity index (χ1n) is 6.29. The Hall–Kier alpha value is -0.610. The molecule has 0 radical (unpaired) electrons. The Bertz CT molecular complexity index is 226. The summed E-state index contributed by atoms with van der Waals surface area (Å²) in [5, 5.41) is 0. The standard InChI is InChI=1S/C12H25N3O/c1-9(2)8-15(11-5-6-11)10(3)4-7-12(16)14-13/h9-11H,4-8,13H2,1-3H3,(H,14,16). The van der Waals surface area contributed by atoms with Crippen LogP contribution in [0.4, 0.5) is 0 Å². The van der Waals surface area contributed by atoms with Gasteiger partial charge in [0.25, 0.3) is 0 Å². The van der Waals surface area contributed by atoms with Gasteiger partial charge in [0.05, 0.1) is 0 Å². The quantitative estimate of drug-likeness (QED) is 0.391. The van der Waals surface area contributed by atoms with E-state index < -0.39 is 0 Å². The number of hydrazine groups is 1. The van der Waals surface area contributed by atoms with Gasteiger partial charge in [-0.3, -0.25) is 15.1 Å². The van der Waals surface area contributed by atoms with Crippen molar-refractivity contribution in [2.45, 2.75) is 58.5 Å². The number of rotatable bonds is 7. The minimum Gasteiger partial charge on any atom is -0.297 e. The fourth-order valence-electron chi connectivity index (χ4n) is 2.09. The van der Waals surface area contributed by atoms with Gasteiger partial charge in [-0.15, -0.1) is 0 Å². The van der Waals surface area contributed by atoms with Crippen LogP contribution in [-0.2, 0) is 4.79 Å². The van der Waals surface area contributed by atoms with Crippen LogP contribution in [0.3, 0.4) is 0 Å². The van der Waals surface area contributed by atoms with Crippen molar-refractivity contribution in [3.8, 4) is 0 Å². The maximum absolute atomic E-state index is 11.1. The molecular formula is C12H25N3O. The van der Waals surface area contributed by atoms with Gasteiger partial charge in [-0.2, -0.15) is 0 Å². The number of carbonyl (C=O) groups is 1. The second kappa shape index (κ2) is 6.21. The van der Waals surface area contributed by atoms with Crippen LogP contribution in [0, 0.1) is 5.92 Å². The molecule has 1 amide bonds. The molecule has 0 spiro atoms. The van der Waals surface area contributed by atoms with Crippen molar-refractivity contribution >= 4 is 5.91 Å². The Morgan fingerprint density at radius 3 is 2.50 bits per heavy atom. The Kier molecular flexibility index (Phi) is 5.22. The highest BCUT2D eigenvalue weighted by Gasteiger charge is 2.32. The molecule has 4 heteroatoms. The second-order valence-corrected chi connectivity index (χ2v) is 5.28. The van der Waals surface area contributed by atoms with Crippen LogP contribution >= 0.6 is 0 Å². The maximum Gasteiger partial charge on any atom is 0.233 e. The van der Waals surface area contributed by atoms with Crippen LogP contribution in [0.5, 0.6) is 0 Å². The third-order valence-corrected chi connectivity index (χ3v) is 3.11. The van der Waals surface area contributed by atoms with Gasteiger partial charge in [0.2, 0.25) is 5.91 Å². The molecule has 0 aliphatic heterocycles. The average molecular weight is 227 g/mol. The summed E-state index contributed by atoms with van der Waals surface area (Å²) in [6.07, 6.45) is 4.06. The second-order valence-electron chi connectivity index (χ2n) is 5.28. The maximum atomic E-state index is 11.1. The van der Waals surface area contributed by atoms with E-state index in [2.05, 4.69) is 31.1 Å². The van der Waals surface area contributed by atoms with Crippen molar-refractivity contribution in [2.24, 2.45) is 11.8 Å². The fourth-order valence-corrected chi connectivity index (χ4v) is 2.09. The monoisotopic (exact) mass is 227 g/mol. The lowest BCUT2D eigenvalue weighted by molar-refractivity contribution is -0.121. The largest absolute Gasteiger partial charge is 0.297 e. The van der Waals surface area contributed by atoms with Crippen LogP contribution in [0.1, 0.15) is 46.5 Å². The van der Waals surface area contributed by atoms with Crippen molar-refractivity contribution in [3.05, 3.63) is 0 Å². The Balaban J connectivity index is 2.35. The molecule has 0 bridgehead atoms. The molecule has 0 heterocycles. The molecule has 4 nitrogen and oxygen atoms in total. The van der Waals surface area contributed by atoms with E-state index in [-0.39, 0.29) is 5.91 Å². The van der Waals surface area contributed by atoms with Crippen LogP contribution < -0.4 is 11.3 Å². The summed E-state index contributed by atoms with van der Waals surface area (Å²) in [6, 6.07) is 1.24. The lowest BCUT2D eigenvalue weighted by Crippen LogP contribution is -2.39. The highest BCUT2D eigenvalue weighted by atomic mass is 16.2. The zero-order chi connectivity index (χ0) is 12.1. The SMILES string of the molecule is CC(C)CN(C(C)CCC(=O)NN)C1CC1. The zero-order valence-electron chi connectivity index (χ0n) is 10.7. The van der Waals surface area contributed by atoms with Crippen molar-refractivity contribution in [3.63, 3.8) is 0 Å². The normalized spacial score (nSPS) is 17.9. The smallest absolute Gasteiger partial charge is 0.233 e. The van der Waals surface area contributed by atoms with Crippen LogP contribution in [0.15, 0.2) is 0 Å². The number of hydrogen-bond acceptors (Lipinski definition) is 3. The van der Waals surface area contributed by atoms with E-state index in [1.165, 1.54) is 12.8 Å². The Morgan fingerprint density at radius 1 is 1.44 bits per heavy atom. The van der Waals surface area contributed by atoms with Crippen LogP contribution in [-0.4, -0.2) is 29.4 Å². The summed E-state index contributed by atoms with van der Waals surface area (Å²) in [5.74, 6) is 5.70. The molecule has 1 atom stereocenters. The third kappa shape index (κ3) is 4.49. The van der Waals surface area contributed by atoms with Gasteiger partial charge in [-0.05, 0) is 32.1 Å². The van der Waals surface area contributed by atoms with Crippen LogP contribution in [0.25, 0.3) is 0 Å². The minimum absolute atomic E-state index is 0.0628. The molecule has 1 fully saturated rings. The third-order valence-electron chi connectivity index (χ3n) is 3.11. The summed E-state index contributed by atoms with van der Waals surface area (Å²) < 4.78 is 0. The Morgan fingerprint density at radius 2 is 2.06 bits per heavy atom. The topological polar surface area (TPSA) is 58.4 Å². The molecular weight excluding hydrogens is 202 g/mol. The van der Waals surface area contributed by atoms with Gasteiger partial charge < -0.3 is 0 Å². The first-order chi connectivity index (χ1) is 7.54. The summed E-state index contributed by atoms with van der Waals surface area (Å²) in [7, 11) is 0. The first kappa shape index (κ1) is 13.5. The molecule has 0 saturated heterocycles. The zero-order valence-corrected chi connectivity index (χ0v) is 10.7. The molecule has 0 aromatic carbocycles. The van der Waals surface area contributed by atoms with Crippen molar-refractivity contribution in [1.29, 1.82) is 0 Å². The number of amides is 1. The molecule has 0 aromatic heterocycles. The number of nitrogens with two attached hydrogens (primary N) is 1. The number of carbonyl (C=O) groups excluding carboxylic acids is 1. The van der Waals surface area contributed by atoms with Crippen LogP contribution in [0.2, 0.25) is 0 Å². The average Bonchev–Trinajstić information content (AvgIpc) is 3.05. The van der Waals surface area contributed by atoms with Crippen molar-refractivity contribution in [2.75, 3.05) is 6.54 Å². The minimum atomic E-state index is -0.0628. The van der Waals surface area contributed by atoms with Crippen molar-refractivity contribution in [1.82, 2.24) is 10.3 Å². The molecule has 3 N–H and O–H groups in total. The van der Waals surface area contributed by atoms with Gasteiger partial charge in [-0.25, -0.2) is 5.84 Å². The van der Waals surface area contributed by atoms with Gasteiger partial charge >= 0.3 is 0 Å². The highest BCUT2D eigenvalue weighted by Crippen LogP contribution is 2.30. The predicted molar refractivity (Wildman–Crippen MR) is 65.6 cm³/mol. The van der Waals surface area contributed by atoms with E-state index in [0.717, 1.165) is 19.0 Å². The summed E-state index contributed by atoms with van der Waals surface area (Å²) >= 11 is 0. The fraction of sp³-hybridized carbons (Fsp3) is 0.917. The summed E-state index contributed by atoms with van der Waals surface area (Å²) in [6.45, 7) is 7.84. The number of nitrogens with one attached hydrogen (secondary N) is 1. The van der Waals surface area contributed by atoms with E-state index in [1.54, 1.807) is 0 Å². The Labute approximate surface area is 98.5 Å². The molecule has 1 saturated carbocycles. The first-order valence-corrected chi connectivity index (χ1v) is 6.29. The highest BCUT2D eigenvalue weighted by molar-refractivity contribution is 5.75. The van der Waals surface area contributed by atoms with E-state index >= 15 is 0 Å². The molecule has 1 aliphatic carbocycles. The van der Waals surface area contributed by atoms with Gasteiger partial charge in [0.1, 0.15) is 0 Å². The van der Waals surface area contributed by atoms with E-state index in [1.807, 2.05) is 0 Å². The molecule has 16 heavy (non-hydrogen) atoms. The summed E-state index contributed by atoms with van der Waals surface area (Å²) in [4.78, 5) is 13.6. The van der Waals surface area contributed by atoms with Gasteiger partial charge in [0.15, 0.2) is 0 Å². The number of hydrogen-bond donors (Lipinski definition) is 2. The summed E-state index contributed by atoms with van der Waals surface area (Å²) in [5.41, 5.74) is 2.19. The molecule has 94 valence electrons. The molecule has 0 aromatic rings. The predicted octanol–water partition coefficient (Wildman–Crippen LogP) is 1.27. The number of nitrogens with zero attached hydrogens (tertiary/aromatic N) is 1.